The van der Waals surface area contributed by atoms with Crippen molar-refractivity contribution in [3.63, 3.8) is 0 Å². The van der Waals surface area contributed by atoms with Gasteiger partial charge in [0.1, 0.15) is 0 Å². The number of nitrogens with one attached hydrogen (secondary N) is 1. The molecule has 0 spiro atoms. The SMILES string of the molecule is Cc1ccc(Nc2nccs2)c(C)c1. The molecule has 2 nitrogen and oxygen atoms in total. The number of thiazole rings is 1. The van der Waals surface area contributed by atoms with Crippen LogP contribution in [-0.4, -0.2) is 4.98 Å². The highest BCUT2D eigenvalue weighted by Crippen LogP contribution is 2.22. The lowest BCUT2D eigenvalue weighted by Crippen LogP contribution is -1.92. The molecule has 0 unspecified atom stereocenters. The fourth-order valence-electron chi connectivity index (χ4n) is 1.35. The summed E-state index contributed by atoms with van der Waals surface area (Å²) in [6.45, 7) is 4.20. The molecule has 14 heavy (non-hydrogen) atoms. The Hall–Kier alpha value is -1.35. The van der Waals surface area contributed by atoms with E-state index in [4.69, 9.17) is 0 Å². The van der Waals surface area contributed by atoms with E-state index in [1.165, 1.54) is 11.1 Å². The fraction of sp³-hybridized carbons (Fsp3) is 0.182. The zero-order valence-corrected chi connectivity index (χ0v) is 9.06. The van der Waals surface area contributed by atoms with Crippen LogP contribution in [0.2, 0.25) is 0 Å². The van der Waals surface area contributed by atoms with Crippen LogP contribution in [0.3, 0.4) is 0 Å². The molecule has 3 heteroatoms. The Labute approximate surface area is 87.6 Å². The van der Waals surface area contributed by atoms with E-state index in [2.05, 4.69) is 42.3 Å². The maximum atomic E-state index is 4.18. The first-order valence-corrected chi connectivity index (χ1v) is 5.37. The molecule has 1 aromatic heterocycles. The van der Waals surface area contributed by atoms with Crippen molar-refractivity contribution in [2.24, 2.45) is 0 Å². The molecule has 0 saturated heterocycles. The Bertz CT molecular complexity index is 421. The van der Waals surface area contributed by atoms with Crippen LogP contribution in [0.4, 0.5) is 10.8 Å². The van der Waals surface area contributed by atoms with Crippen molar-refractivity contribution in [1.82, 2.24) is 4.98 Å². The number of rotatable bonds is 2. The molecule has 0 aliphatic heterocycles. The van der Waals surface area contributed by atoms with Crippen molar-refractivity contribution in [2.45, 2.75) is 13.8 Å². The van der Waals surface area contributed by atoms with E-state index in [-0.39, 0.29) is 0 Å². The minimum Gasteiger partial charge on any atom is -0.331 e. The van der Waals surface area contributed by atoms with Gasteiger partial charge in [-0.05, 0) is 25.5 Å². The van der Waals surface area contributed by atoms with Crippen LogP contribution in [0.25, 0.3) is 0 Å². The predicted molar refractivity (Wildman–Crippen MR) is 61.3 cm³/mol. The van der Waals surface area contributed by atoms with Gasteiger partial charge in [0.25, 0.3) is 0 Å². The van der Waals surface area contributed by atoms with Gasteiger partial charge in [-0.2, -0.15) is 0 Å². The summed E-state index contributed by atoms with van der Waals surface area (Å²) in [5.41, 5.74) is 3.66. The Morgan fingerprint density at radius 2 is 2.14 bits per heavy atom. The number of aryl methyl sites for hydroxylation is 2. The van der Waals surface area contributed by atoms with E-state index in [9.17, 15) is 0 Å². The van der Waals surface area contributed by atoms with Crippen molar-refractivity contribution in [2.75, 3.05) is 5.32 Å². The largest absolute Gasteiger partial charge is 0.331 e. The van der Waals surface area contributed by atoms with Gasteiger partial charge < -0.3 is 5.32 Å². The summed E-state index contributed by atoms with van der Waals surface area (Å²) < 4.78 is 0. The Kier molecular flexibility index (Phi) is 2.50. The molecule has 0 bridgehead atoms. The fourth-order valence-corrected chi connectivity index (χ4v) is 1.90. The molecule has 1 heterocycles. The molecule has 0 aliphatic carbocycles. The normalized spacial score (nSPS) is 10.1. The number of hydrogen-bond donors (Lipinski definition) is 1. The molecule has 0 saturated carbocycles. The topological polar surface area (TPSA) is 24.9 Å². The predicted octanol–water partition coefficient (Wildman–Crippen LogP) is 3.50. The number of aromatic nitrogens is 1. The van der Waals surface area contributed by atoms with Crippen LogP contribution in [0, 0.1) is 13.8 Å². The van der Waals surface area contributed by atoms with E-state index < -0.39 is 0 Å². The molecule has 2 aromatic rings. The zero-order chi connectivity index (χ0) is 9.97. The van der Waals surface area contributed by atoms with Gasteiger partial charge in [0.05, 0.1) is 0 Å². The van der Waals surface area contributed by atoms with E-state index >= 15 is 0 Å². The van der Waals surface area contributed by atoms with E-state index in [0.717, 1.165) is 10.8 Å². The maximum Gasteiger partial charge on any atom is 0.187 e. The molecule has 72 valence electrons. The van der Waals surface area contributed by atoms with Crippen LogP contribution in [0.15, 0.2) is 29.8 Å². The molecule has 1 N–H and O–H groups in total. The molecule has 0 fully saturated rings. The van der Waals surface area contributed by atoms with Gasteiger partial charge >= 0.3 is 0 Å². The average molecular weight is 204 g/mol. The first-order valence-electron chi connectivity index (χ1n) is 4.49. The Morgan fingerprint density at radius 3 is 2.79 bits per heavy atom. The van der Waals surface area contributed by atoms with Crippen molar-refractivity contribution in [3.8, 4) is 0 Å². The molecule has 0 atom stereocenters. The van der Waals surface area contributed by atoms with E-state index in [1.807, 2.05) is 5.38 Å². The second-order valence-electron chi connectivity index (χ2n) is 3.28. The van der Waals surface area contributed by atoms with Gasteiger partial charge in [-0.1, -0.05) is 17.7 Å². The molecular weight excluding hydrogens is 192 g/mol. The van der Waals surface area contributed by atoms with Crippen molar-refractivity contribution < 1.29 is 0 Å². The molecule has 0 radical (unpaired) electrons. The molecule has 2 rings (SSSR count). The van der Waals surface area contributed by atoms with Crippen LogP contribution >= 0.6 is 11.3 Å². The lowest BCUT2D eigenvalue weighted by molar-refractivity contribution is 1.34. The first-order chi connectivity index (χ1) is 6.75. The summed E-state index contributed by atoms with van der Waals surface area (Å²) >= 11 is 1.61. The number of hydrogen-bond acceptors (Lipinski definition) is 3. The number of anilines is 2. The molecule has 0 amide bonds. The minimum atomic E-state index is 0.942. The summed E-state index contributed by atoms with van der Waals surface area (Å²) in [5, 5.41) is 6.19. The van der Waals surface area contributed by atoms with Gasteiger partial charge in [0.15, 0.2) is 5.13 Å². The monoisotopic (exact) mass is 204 g/mol. The van der Waals surface area contributed by atoms with E-state index in [1.54, 1.807) is 17.5 Å². The van der Waals surface area contributed by atoms with Crippen molar-refractivity contribution >= 4 is 22.2 Å². The van der Waals surface area contributed by atoms with Crippen LogP contribution in [-0.2, 0) is 0 Å². The Morgan fingerprint density at radius 1 is 1.29 bits per heavy atom. The minimum absolute atomic E-state index is 0.942. The summed E-state index contributed by atoms with van der Waals surface area (Å²) in [5.74, 6) is 0. The van der Waals surface area contributed by atoms with Crippen molar-refractivity contribution in [3.05, 3.63) is 40.9 Å². The lowest BCUT2D eigenvalue weighted by atomic mass is 10.1. The number of nitrogens with zero attached hydrogens (tertiary/aromatic N) is 1. The van der Waals surface area contributed by atoms with Crippen LogP contribution < -0.4 is 5.32 Å². The molecular formula is C11H12N2S. The highest BCUT2D eigenvalue weighted by Gasteiger charge is 1.99. The smallest absolute Gasteiger partial charge is 0.187 e. The van der Waals surface area contributed by atoms with Crippen LogP contribution in [0.1, 0.15) is 11.1 Å². The summed E-state index contributed by atoms with van der Waals surface area (Å²) in [6.07, 6.45) is 1.80. The zero-order valence-electron chi connectivity index (χ0n) is 8.24. The molecule has 1 aromatic carbocycles. The average Bonchev–Trinajstić information content (AvgIpc) is 2.62. The van der Waals surface area contributed by atoms with Crippen LogP contribution in [0.5, 0.6) is 0 Å². The van der Waals surface area contributed by atoms with Gasteiger partial charge in [-0.15, -0.1) is 11.3 Å². The van der Waals surface area contributed by atoms with Gasteiger partial charge in [0, 0.05) is 17.3 Å². The van der Waals surface area contributed by atoms with Gasteiger partial charge in [-0.3, -0.25) is 0 Å². The quantitative estimate of drug-likeness (QED) is 0.809. The molecule has 0 aliphatic rings. The Balaban J connectivity index is 2.25. The standard InChI is InChI=1S/C11H12N2S/c1-8-3-4-10(9(2)7-8)13-11-12-5-6-14-11/h3-7H,1-2H3,(H,12,13). The summed E-state index contributed by atoms with van der Waals surface area (Å²) in [4.78, 5) is 4.18. The van der Waals surface area contributed by atoms with Crippen molar-refractivity contribution in [1.29, 1.82) is 0 Å². The first kappa shape index (κ1) is 9.21. The third-order valence-electron chi connectivity index (χ3n) is 2.06. The number of benzene rings is 1. The summed E-state index contributed by atoms with van der Waals surface area (Å²) in [7, 11) is 0. The van der Waals surface area contributed by atoms with E-state index in [0.29, 0.717) is 0 Å². The third-order valence-corrected chi connectivity index (χ3v) is 2.74. The maximum absolute atomic E-state index is 4.18. The highest BCUT2D eigenvalue weighted by atomic mass is 32.1. The van der Waals surface area contributed by atoms with Gasteiger partial charge in [0.2, 0.25) is 0 Å². The summed E-state index contributed by atoms with van der Waals surface area (Å²) in [6, 6.07) is 6.35. The highest BCUT2D eigenvalue weighted by molar-refractivity contribution is 7.13. The van der Waals surface area contributed by atoms with Gasteiger partial charge in [-0.25, -0.2) is 4.98 Å². The lowest BCUT2D eigenvalue weighted by Gasteiger charge is -2.06. The second kappa shape index (κ2) is 3.80. The third kappa shape index (κ3) is 1.93. The second-order valence-corrected chi connectivity index (χ2v) is 4.18.